The van der Waals surface area contributed by atoms with Crippen LogP contribution in [0.5, 0.6) is 0 Å². The lowest BCUT2D eigenvalue weighted by atomic mass is 9.92. The molecule has 88 valence electrons. The van der Waals surface area contributed by atoms with Gasteiger partial charge in [0, 0.05) is 24.7 Å². The first-order chi connectivity index (χ1) is 6.54. The van der Waals surface area contributed by atoms with Gasteiger partial charge in [-0.1, -0.05) is 60.3 Å². The number of hydrogen-bond donors (Lipinski definition) is 0. The fraction of sp³-hybridized carbons (Fsp3) is 0.714. The molecule has 0 saturated heterocycles. The largest absolute Gasteiger partial charge is 0.374 e. The molecule has 0 heterocycles. The third-order valence-corrected chi connectivity index (χ3v) is 2.32. The van der Waals surface area contributed by atoms with E-state index in [4.69, 9.17) is 0 Å². The lowest BCUT2D eigenvalue weighted by Crippen LogP contribution is -2.26. The van der Waals surface area contributed by atoms with Crippen molar-refractivity contribution in [1.82, 2.24) is 4.90 Å². The van der Waals surface area contributed by atoms with Gasteiger partial charge in [-0.25, -0.2) is 0 Å². The molecule has 0 atom stereocenters. The van der Waals surface area contributed by atoms with Gasteiger partial charge in [0.05, 0.1) is 0 Å². The molecule has 0 radical (unpaired) electrons. The molecule has 0 unspecified atom stereocenters. The van der Waals surface area contributed by atoms with E-state index in [0.717, 1.165) is 6.54 Å². The molecule has 0 aliphatic rings. The van der Waals surface area contributed by atoms with Crippen molar-refractivity contribution in [2.45, 2.75) is 41.5 Å². The molecule has 0 rings (SSSR count). The van der Waals surface area contributed by atoms with Gasteiger partial charge in [0.1, 0.15) is 0 Å². The van der Waals surface area contributed by atoms with Crippen LogP contribution in [0.4, 0.5) is 0 Å². The molecule has 1 nitrogen and oxygen atoms in total. The van der Waals surface area contributed by atoms with Gasteiger partial charge in [0.2, 0.25) is 0 Å². The molecule has 0 aromatic heterocycles. The number of nitrogens with zero attached hydrogens (tertiary/aromatic N) is 1. The highest BCUT2D eigenvalue weighted by atomic mass is 15.1. The molecule has 0 aliphatic carbocycles. The van der Waals surface area contributed by atoms with Gasteiger partial charge in [-0.05, 0) is 5.41 Å². The van der Waals surface area contributed by atoms with Gasteiger partial charge in [-0.2, -0.15) is 0 Å². The molecular weight excluding hydrogens is 182 g/mol. The Balaban J connectivity index is 4.23. The minimum absolute atomic E-state index is 0.157. The Morgan fingerprint density at radius 1 is 1.13 bits per heavy atom. The van der Waals surface area contributed by atoms with Crippen molar-refractivity contribution in [3.8, 4) is 0 Å². The van der Waals surface area contributed by atoms with E-state index in [1.54, 1.807) is 0 Å². The Labute approximate surface area is 95.9 Å². The fourth-order valence-electron chi connectivity index (χ4n) is 1.25. The Morgan fingerprint density at radius 3 is 1.93 bits per heavy atom. The second-order valence-corrected chi connectivity index (χ2v) is 6.35. The van der Waals surface area contributed by atoms with Crippen molar-refractivity contribution in [3.63, 3.8) is 0 Å². The zero-order valence-electron chi connectivity index (χ0n) is 11.5. The summed E-state index contributed by atoms with van der Waals surface area (Å²) in [6, 6.07) is 0. The predicted octanol–water partition coefficient (Wildman–Crippen LogP) is 4.08. The topological polar surface area (TPSA) is 3.24 Å². The van der Waals surface area contributed by atoms with Gasteiger partial charge >= 0.3 is 0 Å². The van der Waals surface area contributed by atoms with Crippen molar-refractivity contribution in [1.29, 1.82) is 0 Å². The summed E-state index contributed by atoms with van der Waals surface area (Å²) < 4.78 is 0. The highest BCUT2D eigenvalue weighted by Crippen LogP contribution is 2.25. The number of likely N-dealkylation sites (N-methyl/N-ethyl adjacent to an activating group) is 1. The van der Waals surface area contributed by atoms with Crippen LogP contribution in [-0.4, -0.2) is 18.5 Å². The smallest absolute Gasteiger partial charge is 0.0353 e. The summed E-state index contributed by atoms with van der Waals surface area (Å²) in [6.45, 7) is 18.3. The van der Waals surface area contributed by atoms with Crippen molar-refractivity contribution < 1.29 is 0 Å². The highest BCUT2D eigenvalue weighted by molar-refractivity contribution is 5.05. The summed E-state index contributed by atoms with van der Waals surface area (Å²) in [7, 11) is 2.10. The average molecular weight is 209 g/mol. The lowest BCUT2D eigenvalue weighted by molar-refractivity contribution is 0.333. The van der Waals surface area contributed by atoms with Crippen LogP contribution in [0.15, 0.2) is 24.4 Å². The quantitative estimate of drug-likeness (QED) is 0.633. The van der Waals surface area contributed by atoms with E-state index in [1.807, 2.05) is 0 Å². The van der Waals surface area contributed by atoms with Gasteiger partial charge in [0.25, 0.3) is 0 Å². The van der Waals surface area contributed by atoms with Crippen LogP contribution >= 0.6 is 0 Å². The average Bonchev–Trinajstić information content (AvgIpc) is 1.98. The maximum Gasteiger partial charge on any atom is 0.0353 e. The molecule has 0 N–H and O–H groups in total. The minimum Gasteiger partial charge on any atom is -0.374 e. The molecule has 0 aromatic carbocycles. The van der Waals surface area contributed by atoms with E-state index in [2.05, 4.69) is 72.2 Å². The molecule has 15 heavy (non-hydrogen) atoms. The van der Waals surface area contributed by atoms with Crippen LogP contribution in [0, 0.1) is 10.8 Å². The van der Waals surface area contributed by atoms with E-state index in [0.29, 0.717) is 0 Å². The first kappa shape index (κ1) is 14.3. The van der Waals surface area contributed by atoms with E-state index >= 15 is 0 Å². The van der Waals surface area contributed by atoms with E-state index < -0.39 is 0 Å². The number of allylic oxidation sites excluding steroid dienone is 2. The van der Waals surface area contributed by atoms with Gasteiger partial charge in [0.15, 0.2) is 0 Å². The monoisotopic (exact) mass is 209 g/mol. The maximum atomic E-state index is 4.13. The van der Waals surface area contributed by atoms with Crippen molar-refractivity contribution in [3.05, 3.63) is 24.4 Å². The third-order valence-electron chi connectivity index (χ3n) is 2.32. The Hall–Kier alpha value is -0.720. The van der Waals surface area contributed by atoms with Gasteiger partial charge in [-0.15, -0.1) is 0 Å². The molecule has 0 aliphatic heterocycles. The van der Waals surface area contributed by atoms with Crippen LogP contribution in [0.3, 0.4) is 0 Å². The van der Waals surface area contributed by atoms with Crippen molar-refractivity contribution >= 4 is 0 Å². The third kappa shape index (κ3) is 6.38. The Bertz CT molecular complexity index is 235. The number of hydrogen-bond acceptors (Lipinski definition) is 1. The highest BCUT2D eigenvalue weighted by Gasteiger charge is 2.17. The molecule has 0 amide bonds. The zero-order valence-corrected chi connectivity index (χ0v) is 11.5. The summed E-state index contributed by atoms with van der Waals surface area (Å²) in [5.74, 6) is 0. The van der Waals surface area contributed by atoms with Crippen molar-refractivity contribution in [2.75, 3.05) is 13.6 Å². The second kappa shape index (κ2) is 4.87. The summed E-state index contributed by atoms with van der Waals surface area (Å²) in [4.78, 5) is 2.21. The fourth-order valence-corrected chi connectivity index (χ4v) is 1.25. The van der Waals surface area contributed by atoms with Crippen LogP contribution in [-0.2, 0) is 0 Å². The molecule has 0 aromatic rings. The summed E-state index contributed by atoms with van der Waals surface area (Å²) in [6.07, 6.45) is 4.47. The summed E-state index contributed by atoms with van der Waals surface area (Å²) >= 11 is 0. The standard InChI is InChI=1S/C14H27N/c1-12(14(5,6)7)15(8)11-9-10-13(2,3)4/h9-10H,1,11H2,2-8H3/b10-9+. The molecule has 1 heteroatoms. The van der Waals surface area contributed by atoms with Crippen LogP contribution in [0.25, 0.3) is 0 Å². The molecular formula is C14H27N. The van der Waals surface area contributed by atoms with Crippen LogP contribution in [0.2, 0.25) is 0 Å². The lowest BCUT2D eigenvalue weighted by Gasteiger charge is -2.30. The van der Waals surface area contributed by atoms with Gasteiger partial charge < -0.3 is 4.90 Å². The summed E-state index contributed by atoms with van der Waals surface area (Å²) in [5, 5.41) is 0. The molecule has 0 saturated carbocycles. The minimum atomic E-state index is 0.157. The normalized spacial score (nSPS) is 13.3. The first-order valence-electron chi connectivity index (χ1n) is 5.62. The number of rotatable bonds is 3. The summed E-state index contributed by atoms with van der Waals surface area (Å²) in [5.41, 5.74) is 1.61. The SMILES string of the molecule is C=C(N(C)C/C=C/C(C)(C)C)C(C)(C)C. The maximum absolute atomic E-state index is 4.13. The van der Waals surface area contributed by atoms with E-state index in [1.165, 1.54) is 5.70 Å². The zero-order chi connectivity index (χ0) is 12.3. The molecule has 0 spiro atoms. The van der Waals surface area contributed by atoms with E-state index in [-0.39, 0.29) is 10.8 Å². The van der Waals surface area contributed by atoms with Gasteiger partial charge in [-0.3, -0.25) is 0 Å². The Kier molecular flexibility index (Phi) is 4.64. The van der Waals surface area contributed by atoms with Crippen LogP contribution < -0.4 is 0 Å². The van der Waals surface area contributed by atoms with Crippen LogP contribution in [0.1, 0.15) is 41.5 Å². The molecule has 0 fully saturated rings. The predicted molar refractivity (Wildman–Crippen MR) is 69.8 cm³/mol. The molecule has 0 bridgehead atoms. The van der Waals surface area contributed by atoms with E-state index in [9.17, 15) is 0 Å². The second-order valence-electron chi connectivity index (χ2n) is 6.35. The first-order valence-corrected chi connectivity index (χ1v) is 5.62. The van der Waals surface area contributed by atoms with Crippen molar-refractivity contribution in [2.24, 2.45) is 10.8 Å². The Morgan fingerprint density at radius 2 is 1.60 bits per heavy atom.